The molecule has 1 N–H and O–H groups in total. The number of hydrogen-bond donors (Lipinski definition) is 1. The fraction of sp³-hybridized carbons (Fsp3) is 0.421. The fourth-order valence-electron chi connectivity index (χ4n) is 3.10. The Kier molecular flexibility index (Phi) is 6.44. The first-order valence-corrected chi connectivity index (χ1v) is 10.2. The van der Waals surface area contributed by atoms with Crippen LogP contribution < -0.4 is 5.32 Å². The molecule has 1 aromatic carbocycles. The SMILES string of the molecule is CCC(=O)NCc1csc([C@@H]2CCCN(C(=O)c3ccc(F)cc3Cl)C2)n1. The van der Waals surface area contributed by atoms with E-state index < -0.39 is 5.82 Å². The van der Waals surface area contributed by atoms with Crippen molar-refractivity contribution in [2.45, 2.75) is 38.6 Å². The maximum atomic E-state index is 13.2. The predicted octanol–water partition coefficient (Wildman–Crippen LogP) is 3.98. The maximum Gasteiger partial charge on any atom is 0.255 e. The Labute approximate surface area is 166 Å². The number of amides is 2. The van der Waals surface area contributed by atoms with Crippen LogP contribution in [0.1, 0.15) is 53.2 Å². The minimum Gasteiger partial charge on any atom is -0.350 e. The van der Waals surface area contributed by atoms with Crippen LogP contribution in [0.2, 0.25) is 5.02 Å². The molecule has 0 radical (unpaired) electrons. The highest BCUT2D eigenvalue weighted by molar-refractivity contribution is 7.09. The number of halogens is 2. The number of nitrogens with zero attached hydrogens (tertiary/aromatic N) is 2. The van der Waals surface area contributed by atoms with Crippen LogP contribution in [0.3, 0.4) is 0 Å². The van der Waals surface area contributed by atoms with E-state index in [9.17, 15) is 14.0 Å². The number of hydrogen-bond acceptors (Lipinski definition) is 4. The molecule has 1 aliphatic rings. The molecule has 1 atom stereocenters. The largest absolute Gasteiger partial charge is 0.350 e. The Hall–Kier alpha value is -1.99. The first-order chi connectivity index (χ1) is 13.0. The van der Waals surface area contributed by atoms with E-state index in [1.54, 1.807) is 16.2 Å². The second-order valence-corrected chi connectivity index (χ2v) is 7.82. The summed E-state index contributed by atoms with van der Waals surface area (Å²) in [6.07, 6.45) is 2.27. The molecule has 27 heavy (non-hydrogen) atoms. The molecule has 0 aliphatic carbocycles. The highest BCUT2D eigenvalue weighted by atomic mass is 35.5. The predicted molar refractivity (Wildman–Crippen MR) is 104 cm³/mol. The van der Waals surface area contributed by atoms with Crippen LogP contribution in [0, 0.1) is 5.82 Å². The standard InChI is InChI=1S/C19H21ClFN3O2S/c1-2-17(25)22-9-14-11-27-18(23-14)12-4-3-7-24(10-12)19(26)15-6-5-13(21)8-16(15)20/h5-6,8,11-12H,2-4,7,9-10H2,1H3,(H,22,25)/t12-/m1/s1. The smallest absolute Gasteiger partial charge is 0.255 e. The average molecular weight is 410 g/mol. The van der Waals surface area contributed by atoms with Gasteiger partial charge in [0.2, 0.25) is 5.91 Å². The Morgan fingerprint density at radius 3 is 3.00 bits per heavy atom. The van der Waals surface area contributed by atoms with E-state index in [-0.39, 0.29) is 22.8 Å². The van der Waals surface area contributed by atoms with Crippen molar-refractivity contribution >= 4 is 34.8 Å². The number of nitrogens with one attached hydrogen (secondary N) is 1. The Morgan fingerprint density at radius 1 is 1.44 bits per heavy atom. The topological polar surface area (TPSA) is 62.3 Å². The number of carbonyl (C=O) groups is 2. The van der Waals surface area contributed by atoms with Crippen molar-refractivity contribution in [3.63, 3.8) is 0 Å². The van der Waals surface area contributed by atoms with Gasteiger partial charge in [-0.2, -0.15) is 0 Å². The number of rotatable bonds is 5. The van der Waals surface area contributed by atoms with Crippen LogP contribution in [-0.2, 0) is 11.3 Å². The summed E-state index contributed by atoms with van der Waals surface area (Å²) in [5.74, 6) is -0.493. The Balaban J connectivity index is 1.66. The number of likely N-dealkylation sites (tertiary alicyclic amines) is 1. The number of piperidine rings is 1. The third-order valence-corrected chi connectivity index (χ3v) is 5.95. The lowest BCUT2D eigenvalue weighted by Crippen LogP contribution is -2.39. The van der Waals surface area contributed by atoms with Crippen LogP contribution >= 0.6 is 22.9 Å². The lowest BCUT2D eigenvalue weighted by Gasteiger charge is -2.32. The molecule has 2 amide bonds. The van der Waals surface area contributed by atoms with E-state index in [0.29, 0.717) is 31.6 Å². The molecular weight excluding hydrogens is 389 g/mol. The molecule has 2 heterocycles. The normalized spacial score (nSPS) is 17.0. The minimum absolute atomic E-state index is 0.00448. The monoisotopic (exact) mass is 409 g/mol. The molecule has 1 aromatic heterocycles. The van der Waals surface area contributed by atoms with Gasteiger partial charge in [0.1, 0.15) is 5.82 Å². The van der Waals surface area contributed by atoms with E-state index in [1.807, 2.05) is 12.3 Å². The van der Waals surface area contributed by atoms with Crippen LogP contribution in [0.5, 0.6) is 0 Å². The molecule has 1 aliphatic heterocycles. The van der Waals surface area contributed by atoms with Crippen molar-refractivity contribution < 1.29 is 14.0 Å². The molecule has 0 saturated carbocycles. The third-order valence-electron chi connectivity index (χ3n) is 4.58. The van der Waals surface area contributed by atoms with Crippen molar-refractivity contribution in [1.82, 2.24) is 15.2 Å². The van der Waals surface area contributed by atoms with Gasteiger partial charge in [-0.05, 0) is 31.0 Å². The van der Waals surface area contributed by atoms with Gasteiger partial charge in [-0.15, -0.1) is 11.3 Å². The van der Waals surface area contributed by atoms with E-state index in [1.165, 1.54) is 12.1 Å². The lowest BCUT2D eigenvalue weighted by molar-refractivity contribution is -0.120. The van der Waals surface area contributed by atoms with Gasteiger partial charge in [0.25, 0.3) is 5.91 Å². The first kappa shape index (κ1) is 19.8. The summed E-state index contributed by atoms with van der Waals surface area (Å²) in [6.45, 7) is 3.43. The van der Waals surface area contributed by atoms with Crippen molar-refractivity contribution in [2.75, 3.05) is 13.1 Å². The molecule has 5 nitrogen and oxygen atoms in total. The third kappa shape index (κ3) is 4.84. The summed E-state index contributed by atoms with van der Waals surface area (Å²) >= 11 is 7.59. The molecule has 2 aromatic rings. The van der Waals surface area contributed by atoms with Gasteiger partial charge in [-0.1, -0.05) is 18.5 Å². The van der Waals surface area contributed by atoms with Gasteiger partial charge >= 0.3 is 0 Å². The number of thiazole rings is 1. The van der Waals surface area contributed by atoms with E-state index >= 15 is 0 Å². The van der Waals surface area contributed by atoms with Crippen molar-refractivity contribution in [2.24, 2.45) is 0 Å². The lowest BCUT2D eigenvalue weighted by atomic mass is 9.98. The molecule has 8 heteroatoms. The fourth-order valence-corrected chi connectivity index (χ4v) is 4.30. The summed E-state index contributed by atoms with van der Waals surface area (Å²) in [5, 5.41) is 5.87. The van der Waals surface area contributed by atoms with Gasteiger partial charge in [-0.25, -0.2) is 9.37 Å². The number of aromatic nitrogens is 1. The van der Waals surface area contributed by atoms with Crippen LogP contribution in [0.4, 0.5) is 4.39 Å². The van der Waals surface area contributed by atoms with Crippen molar-refractivity contribution in [1.29, 1.82) is 0 Å². The number of benzene rings is 1. The van der Waals surface area contributed by atoms with Gasteiger partial charge in [0.15, 0.2) is 0 Å². The summed E-state index contributed by atoms with van der Waals surface area (Å²) in [5.41, 5.74) is 1.16. The summed E-state index contributed by atoms with van der Waals surface area (Å²) in [4.78, 5) is 30.5. The van der Waals surface area contributed by atoms with Crippen LogP contribution in [-0.4, -0.2) is 34.8 Å². The number of carbonyl (C=O) groups excluding carboxylic acids is 2. The van der Waals surface area contributed by atoms with Gasteiger partial charge < -0.3 is 10.2 Å². The second-order valence-electron chi connectivity index (χ2n) is 6.52. The molecule has 3 rings (SSSR count). The molecule has 0 bridgehead atoms. The molecule has 0 unspecified atom stereocenters. The zero-order chi connectivity index (χ0) is 19.4. The molecule has 0 spiro atoms. The molecule has 1 fully saturated rings. The van der Waals surface area contributed by atoms with Gasteiger partial charge in [0, 0.05) is 30.8 Å². The quantitative estimate of drug-likeness (QED) is 0.812. The highest BCUT2D eigenvalue weighted by Gasteiger charge is 2.28. The van der Waals surface area contributed by atoms with Gasteiger partial charge in [0.05, 0.1) is 27.8 Å². The van der Waals surface area contributed by atoms with E-state index in [2.05, 4.69) is 10.3 Å². The highest BCUT2D eigenvalue weighted by Crippen LogP contribution is 2.31. The maximum absolute atomic E-state index is 13.2. The van der Waals surface area contributed by atoms with Crippen LogP contribution in [0.15, 0.2) is 23.6 Å². The van der Waals surface area contributed by atoms with Crippen LogP contribution in [0.25, 0.3) is 0 Å². The molecule has 1 saturated heterocycles. The Bertz CT molecular complexity index is 842. The van der Waals surface area contributed by atoms with Gasteiger partial charge in [-0.3, -0.25) is 9.59 Å². The summed E-state index contributed by atoms with van der Waals surface area (Å²) in [6, 6.07) is 3.84. The van der Waals surface area contributed by atoms with E-state index in [4.69, 9.17) is 11.6 Å². The molecule has 144 valence electrons. The summed E-state index contributed by atoms with van der Waals surface area (Å²) in [7, 11) is 0. The second kappa shape index (κ2) is 8.80. The van der Waals surface area contributed by atoms with Crippen molar-refractivity contribution in [3.05, 3.63) is 50.7 Å². The average Bonchev–Trinajstić information content (AvgIpc) is 3.15. The summed E-state index contributed by atoms with van der Waals surface area (Å²) < 4.78 is 13.2. The first-order valence-electron chi connectivity index (χ1n) is 8.93. The minimum atomic E-state index is -0.460. The van der Waals surface area contributed by atoms with Crippen molar-refractivity contribution in [3.8, 4) is 0 Å². The Morgan fingerprint density at radius 2 is 2.26 bits per heavy atom. The zero-order valence-corrected chi connectivity index (χ0v) is 16.6. The van der Waals surface area contributed by atoms with E-state index in [0.717, 1.165) is 29.6 Å². The zero-order valence-electron chi connectivity index (χ0n) is 15.0. The molecular formula is C19H21ClFN3O2S.